The van der Waals surface area contributed by atoms with Crippen molar-refractivity contribution in [3.8, 4) is 0 Å². The summed E-state index contributed by atoms with van der Waals surface area (Å²) in [5.41, 5.74) is -2.96. The topological polar surface area (TPSA) is 93.1 Å². The molecule has 0 aromatic carbocycles. The lowest BCUT2D eigenvalue weighted by molar-refractivity contribution is -0.194. The maximum Gasteiger partial charge on any atom is 0.435 e. The first-order valence-corrected chi connectivity index (χ1v) is 6.43. The summed E-state index contributed by atoms with van der Waals surface area (Å²) in [5.74, 6) is -1.69. The van der Waals surface area contributed by atoms with Crippen LogP contribution in [-0.2, 0) is 19.1 Å². The second-order valence-corrected chi connectivity index (χ2v) is 5.28. The Kier molecular flexibility index (Phi) is 6.15. The first kappa shape index (κ1) is 18.4. The normalized spacial score (nSPS) is 14.2. The first-order valence-electron chi connectivity index (χ1n) is 6.43. The Morgan fingerprint density at radius 3 is 1.95 bits per heavy atom. The van der Waals surface area contributed by atoms with Crippen LogP contribution in [0.1, 0.15) is 48.0 Å². The van der Waals surface area contributed by atoms with Crippen LogP contribution in [0.4, 0.5) is 4.79 Å². The Hall–Kier alpha value is -1.63. The van der Waals surface area contributed by atoms with E-state index in [4.69, 9.17) is 9.47 Å². The van der Waals surface area contributed by atoms with Gasteiger partial charge in [0.2, 0.25) is 5.54 Å². The van der Waals surface area contributed by atoms with E-state index in [1.807, 2.05) is 0 Å². The molecule has 0 fully saturated rings. The summed E-state index contributed by atoms with van der Waals surface area (Å²) in [6, 6.07) is 0. The summed E-state index contributed by atoms with van der Waals surface area (Å²) in [4.78, 5) is 35.7. The van der Waals surface area contributed by atoms with Crippen LogP contribution in [0.2, 0.25) is 0 Å². The van der Waals surface area contributed by atoms with Crippen molar-refractivity contribution in [3.05, 3.63) is 0 Å². The SMILES string of the molecule is CCOC(=O)C(CC)(C(C)=O)N(O)C(=O)OC(C)(C)C. The molecule has 1 unspecified atom stereocenters. The van der Waals surface area contributed by atoms with Crippen LogP contribution < -0.4 is 0 Å². The van der Waals surface area contributed by atoms with Crippen LogP contribution in [-0.4, -0.2) is 45.9 Å². The van der Waals surface area contributed by atoms with Gasteiger partial charge in [-0.1, -0.05) is 6.92 Å². The fourth-order valence-corrected chi connectivity index (χ4v) is 1.63. The molecule has 1 amide bonds. The van der Waals surface area contributed by atoms with Crippen LogP contribution in [0.15, 0.2) is 0 Å². The molecule has 0 aliphatic heterocycles. The lowest BCUT2D eigenvalue weighted by Crippen LogP contribution is -2.61. The van der Waals surface area contributed by atoms with Gasteiger partial charge in [0.05, 0.1) is 6.61 Å². The molecule has 0 bridgehead atoms. The molecule has 0 rings (SSSR count). The second kappa shape index (κ2) is 6.69. The number of ether oxygens (including phenoxy) is 2. The minimum Gasteiger partial charge on any atom is -0.464 e. The number of nitrogens with zero attached hydrogens (tertiary/aromatic N) is 1. The van der Waals surface area contributed by atoms with Crippen LogP contribution in [0.25, 0.3) is 0 Å². The standard InChI is InChI=1S/C13H23NO6/c1-7-13(9(3)15,10(16)19-8-2)14(18)11(17)20-12(4,5)6/h18H,7-8H2,1-6H3. The summed E-state index contributed by atoms with van der Waals surface area (Å²) in [6.45, 7) is 8.99. The van der Waals surface area contributed by atoms with Gasteiger partial charge in [-0.2, -0.15) is 5.06 Å². The molecule has 7 nitrogen and oxygen atoms in total. The molecule has 0 radical (unpaired) electrons. The average molecular weight is 289 g/mol. The van der Waals surface area contributed by atoms with Crippen molar-refractivity contribution < 1.29 is 29.1 Å². The highest BCUT2D eigenvalue weighted by atomic mass is 16.6. The third-order valence-corrected chi connectivity index (χ3v) is 2.64. The van der Waals surface area contributed by atoms with Gasteiger partial charge in [0, 0.05) is 0 Å². The van der Waals surface area contributed by atoms with E-state index in [0.29, 0.717) is 0 Å². The van der Waals surface area contributed by atoms with Crippen LogP contribution >= 0.6 is 0 Å². The number of carbonyl (C=O) groups excluding carboxylic acids is 3. The highest BCUT2D eigenvalue weighted by molar-refractivity contribution is 6.09. The van der Waals surface area contributed by atoms with Gasteiger partial charge in [-0.15, -0.1) is 0 Å². The van der Waals surface area contributed by atoms with Crippen molar-refractivity contribution >= 4 is 17.8 Å². The Morgan fingerprint density at radius 1 is 1.15 bits per heavy atom. The Bertz CT molecular complexity index is 387. The summed E-state index contributed by atoms with van der Waals surface area (Å²) in [6.07, 6.45) is -1.31. The minimum atomic E-state index is -2.08. The van der Waals surface area contributed by atoms with Crippen molar-refractivity contribution in [2.75, 3.05) is 6.61 Å². The zero-order valence-electron chi connectivity index (χ0n) is 12.8. The van der Waals surface area contributed by atoms with E-state index in [0.717, 1.165) is 6.92 Å². The summed E-state index contributed by atoms with van der Waals surface area (Å²) >= 11 is 0. The molecule has 0 spiro atoms. The van der Waals surface area contributed by atoms with Gasteiger partial charge in [-0.25, -0.2) is 9.59 Å². The quantitative estimate of drug-likeness (QED) is 0.359. The van der Waals surface area contributed by atoms with Crippen LogP contribution in [0.3, 0.4) is 0 Å². The molecule has 1 N–H and O–H groups in total. The van der Waals surface area contributed by atoms with E-state index in [9.17, 15) is 19.6 Å². The number of esters is 1. The molecule has 0 aromatic heterocycles. The Labute approximate surface area is 118 Å². The monoisotopic (exact) mass is 289 g/mol. The predicted octanol–water partition coefficient (Wildman–Crippen LogP) is 1.91. The molecular weight excluding hydrogens is 266 g/mol. The fraction of sp³-hybridized carbons (Fsp3) is 0.769. The zero-order valence-corrected chi connectivity index (χ0v) is 12.8. The molecule has 0 heterocycles. The second-order valence-electron chi connectivity index (χ2n) is 5.28. The smallest absolute Gasteiger partial charge is 0.435 e. The number of hydrogen-bond acceptors (Lipinski definition) is 6. The van der Waals surface area contributed by atoms with Crippen molar-refractivity contribution in [2.24, 2.45) is 0 Å². The third kappa shape index (κ3) is 3.93. The minimum absolute atomic E-state index is 0.0238. The molecule has 1 atom stereocenters. The molecule has 20 heavy (non-hydrogen) atoms. The summed E-state index contributed by atoms with van der Waals surface area (Å²) < 4.78 is 9.75. The predicted molar refractivity (Wildman–Crippen MR) is 70.2 cm³/mol. The number of amides is 1. The van der Waals surface area contributed by atoms with E-state index >= 15 is 0 Å². The summed E-state index contributed by atoms with van der Waals surface area (Å²) in [5, 5.41) is 10.0. The van der Waals surface area contributed by atoms with E-state index in [2.05, 4.69) is 0 Å². The molecular formula is C13H23NO6. The van der Waals surface area contributed by atoms with Crippen LogP contribution in [0.5, 0.6) is 0 Å². The largest absolute Gasteiger partial charge is 0.464 e. The lowest BCUT2D eigenvalue weighted by atomic mass is 9.91. The maximum absolute atomic E-state index is 12.0. The molecule has 0 saturated heterocycles. The highest BCUT2D eigenvalue weighted by Gasteiger charge is 2.52. The number of hydroxylamine groups is 2. The summed E-state index contributed by atoms with van der Waals surface area (Å²) in [7, 11) is 0. The number of ketones is 1. The van der Waals surface area contributed by atoms with Gasteiger partial charge >= 0.3 is 12.1 Å². The zero-order chi connectivity index (χ0) is 16.1. The highest BCUT2D eigenvalue weighted by Crippen LogP contribution is 2.24. The molecule has 116 valence electrons. The van der Waals surface area contributed by atoms with E-state index in [1.165, 1.54) is 6.92 Å². The molecule has 0 aliphatic carbocycles. The van der Waals surface area contributed by atoms with Gasteiger partial charge in [0.25, 0.3) is 0 Å². The first-order chi connectivity index (χ1) is 9.02. The van der Waals surface area contributed by atoms with Gasteiger partial charge in [-0.3, -0.25) is 10.0 Å². The van der Waals surface area contributed by atoms with E-state index < -0.39 is 29.0 Å². The van der Waals surface area contributed by atoms with Gasteiger partial charge in [0.15, 0.2) is 5.78 Å². The maximum atomic E-state index is 12.0. The fourth-order valence-electron chi connectivity index (χ4n) is 1.63. The van der Waals surface area contributed by atoms with Crippen molar-refractivity contribution in [3.63, 3.8) is 0 Å². The van der Waals surface area contributed by atoms with Crippen molar-refractivity contribution in [2.45, 2.75) is 59.1 Å². The molecule has 7 heteroatoms. The number of Topliss-reactive ketones (excluding diaryl/α,β-unsaturated/α-hetero) is 1. The third-order valence-electron chi connectivity index (χ3n) is 2.64. The van der Waals surface area contributed by atoms with E-state index in [-0.39, 0.29) is 18.1 Å². The molecule has 0 aromatic rings. The Balaban J connectivity index is 5.48. The molecule has 0 aliphatic rings. The number of carbonyl (C=O) groups is 3. The Morgan fingerprint density at radius 2 is 1.65 bits per heavy atom. The average Bonchev–Trinajstić information content (AvgIpc) is 2.27. The van der Waals surface area contributed by atoms with Crippen molar-refractivity contribution in [1.82, 2.24) is 5.06 Å². The lowest BCUT2D eigenvalue weighted by Gasteiger charge is -2.35. The number of rotatable bonds is 5. The van der Waals surface area contributed by atoms with Crippen molar-refractivity contribution in [1.29, 1.82) is 0 Å². The number of hydrogen-bond donors (Lipinski definition) is 1. The van der Waals surface area contributed by atoms with Crippen LogP contribution in [0, 0.1) is 0 Å². The van der Waals surface area contributed by atoms with Gasteiger partial charge in [0.1, 0.15) is 5.60 Å². The molecule has 0 saturated carbocycles. The van der Waals surface area contributed by atoms with Gasteiger partial charge in [-0.05, 0) is 41.0 Å². The van der Waals surface area contributed by atoms with Gasteiger partial charge < -0.3 is 9.47 Å². The van der Waals surface area contributed by atoms with E-state index in [1.54, 1.807) is 27.7 Å².